The van der Waals surface area contributed by atoms with Crippen LogP contribution in [0.3, 0.4) is 0 Å². The van der Waals surface area contributed by atoms with E-state index in [-0.39, 0.29) is 25.5 Å². The van der Waals surface area contributed by atoms with E-state index in [1.165, 1.54) is 5.56 Å². The molecular weight excluding hydrogens is 294 g/mol. The second-order valence-electron chi connectivity index (χ2n) is 5.15. The van der Waals surface area contributed by atoms with Gasteiger partial charge in [-0.15, -0.1) is 0 Å². The Morgan fingerprint density at radius 1 is 1.00 bits per heavy atom. The topological polar surface area (TPSA) is 78.5 Å². The fourth-order valence-corrected chi connectivity index (χ4v) is 1.99. The van der Waals surface area contributed by atoms with Crippen LogP contribution in [0.1, 0.15) is 12.0 Å². The highest BCUT2D eigenvalue weighted by molar-refractivity contribution is 5.78. The fourth-order valence-electron chi connectivity index (χ4n) is 1.99. The lowest BCUT2D eigenvalue weighted by atomic mass is 10.0. The number of ether oxygens (including phenoxy) is 1. The Morgan fingerprint density at radius 2 is 1.57 bits per heavy atom. The van der Waals surface area contributed by atoms with Gasteiger partial charge in [-0.05, 0) is 30.2 Å². The van der Waals surface area contributed by atoms with Crippen molar-refractivity contribution in [3.63, 3.8) is 0 Å². The van der Waals surface area contributed by atoms with Gasteiger partial charge in [0.05, 0.1) is 0 Å². The molecule has 0 aliphatic carbocycles. The third-order valence-corrected chi connectivity index (χ3v) is 3.26. The molecule has 0 saturated heterocycles. The number of aliphatic carboxylic acids is 1. The fraction of sp³-hybridized carbons (Fsp3) is 0.222. The summed E-state index contributed by atoms with van der Waals surface area (Å²) in [4.78, 5) is 21.7. The molecule has 0 saturated carbocycles. The summed E-state index contributed by atoms with van der Waals surface area (Å²) in [5.74, 6) is -0.984. The largest absolute Gasteiger partial charge is 0.550 e. The number of carboxylic acid groups (broad SMARTS) is 1. The van der Waals surface area contributed by atoms with Gasteiger partial charge in [0.1, 0.15) is 5.75 Å². The van der Waals surface area contributed by atoms with Gasteiger partial charge in [0.25, 0.3) is 5.91 Å². The van der Waals surface area contributed by atoms with Crippen LogP contribution in [-0.2, 0) is 9.59 Å². The molecule has 1 N–H and O–H groups in total. The molecule has 0 bridgehead atoms. The maximum absolute atomic E-state index is 11.5. The van der Waals surface area contributed by atoms with E-state index in [1.54, 1.807) is 12.1 Å². The van der Waals surface area contributed by atoms with E-state index in [0.717, 1.165) is 11.1 Å². The van der Waals surface area contributed by atoms with E-state index in [1.807, 2.05) is 19.1 Å². The van der Waals surface area contributed by atoms with Crippen LogP contribution < -0.4 is 15.2 Å². The summed E-state index contributed by atoms with van der Waals surface area (Å²) in [5.41, 5.74) is 3.39. The van der Waals surface area contributed by atoms with Gasteiger partial charge in [0, 0.05) is 18.9 Å². The van der Waals surface area contributed by atoms with Crippen molar-refractivity contribution in [2.24, 2.45) is 0 Å². The van der Waals surface area contributed by atoms with Crippen molar-refractivity contribution in [1.29, 1.82) is 0 Å². The Balaban J connectivity index is 1.84. The first-order valence-electron chi connectivity index (χ1n) is 7.31. The van der Waals surface area contributed by atoms with Crippen molar-refractivity contribution in [1.82, 2.24) is 5.32 Å². The first-order valence-corrected chi connectivity index (χ1v) is 7.31. The normalized spacial score (nSPS) is 10.1. The Hall–Kier alpha value is -2.82. The average molecular weight is 312 g/mol. The summed E-state index contributed by atoms with van der Waals surface area (Å²) in [5, 5.41) is 12.7. The number of carbonyl (C=O) groups is 2. The van der Waals surface area contributed by atoms with Gasteiger partial charge in [-0.25, -0.2) is 0 Å². The first-order chi connectivity index (χ1) is 11.0. The van der Waals surface area contributed by atoms with E-state index in [0.29, 0.717) is 5.75 Å². The maximum Gasteiger partial charge on any atom is 0.257 e. The number of aryl methyl sites for hydroxylation is 1. The number of nitrogens with one attached hydrogen (secondary N) is 1. The van der Waals surface area contributed by atoms with Crippen LogP contribution in [0.25, 0.3) is 11.1 Å². The molecule has 0 atom stereocenters. The van der Waals surface area contributed by atoms with Crippen molar-refractivity contribution < 1.29 is 19.4 Å². The third kappa shape index (κ3) is 5.47. The predicted molar refractivity (Wildman–Crippen MR) is 84.7 cm³/mol. The van der Waals surface area contributed by atoms with E-state index in [2.05, 4.69) is 29.6 Å². The van der Waals surface area contributed by atoms with Crippen LogP contribution >= 0.6 is 0 Å². The summed E-state index contributed by atoms with van der Waals surface area (Å²) in [6.45, 7) is 1.92. The molecule has 1 amide bonds. The van der Waals surface area contributed by atoms with E-state index >= 15 is 0 Å². The molecule has 2 aromatic carbocycles. The molecule has 0 spiro atoms. The molecule has 2 rings (SSSR count). The summed E-state index contributed by atoms with van der Waals surface area (Å²) in [6.07, 6.45) is -0.211. The molecule has 0 unspecified atom stereocenters. The minimum atomic E-state index is -1.20. The molecule has 0 radical (unpaired) electrons. The Labute approximate surface area is 134 Å². The van der Waals surface area contributed by atoms with Gasteiger partial charge >= 0.3 is 0 Å². The third-order valence-electron chi connectivity index (χ3n) is 3.26. The van der Waals surface area contributed by atoms with Gasteiger partial charge in [0.2, 0.25) is 0 Å². The SMILES string of the molecule is Cc1ccc(-c2ccc(OCC(=O)NCCC(=O)[O-])cc2)cc1. The molecule has 0 aliphatic rings. The second kappa shape index (κ2) is 7.98. The molecule has 120 valence electrons. The number of benzene rings is 2. The smallest absolute Gasteiger partial charge is 0.257 e. The zero-order chi connectivity index (χ0) is 16.7. The molecule has 0 aliphatic heterocycles. The van der Waals surface area contributed by atoms with Crippen LogP contribution in [-0.4, -0.2) is 25.0 Å². The molecular formula is C18H18NO4-. The van der Waals surface area contributed by atoms with Crippen molar-refractivity contribution in [3.05, 3.63) is 54.1 Å². The van der Waals surface area contributed by atoms with E-state index < -0.39 is 5.97 Å². The highest BCUT2D eigenvalue weighted by atomic mass is 16.5. The highest BCUT2D eigenvalue weighted by Gasteiger charge is 2.03. The summed E-state index contributed by atoms with van der Waals surface area (Å²) < 4.78 is 5.36. The van der Waals surface area contributed by atoms with Crippen LogP contribution in [0.2, 0.25) is 0 Å². The van der Waals surface area contributed by atoms with E-state index in [9.17, 15) is 14.7 Å². The highest BCUT2D eigenvalue weighted by Crippen LogP contribution is 2.22. The lowest BCUT2D eigenvalue weighted by Gasteiger charge is -2.09. The standard InChI is InChI=1S/C18H19NO4/c1-13-2-4-14(5-3-13)15-6-8-16(9-7-15)23-12-17(20)19-11-10-18(21)22/h2-9H,10-12H2,1H3,(H,19,20)(H,21,22)/p-1. The molecule has 2 aromatic rings. The predicted octanol–water partition coefficient (Wildman–Crippen LogP) is 1.30. The molecule has 5 heteroatoms. The number of hydrogen-bond acceptors (Lipinski definition) is 4. The van der Waals surface area contributed by atoms with Crippen molar-refractivity contribution >= 4 is 11.9 Å². The number of hydrogen-bond donors (Lipinski definition) is 1. The second-order valence-corrected chi connectivity index (χ2v) is 5.15. The van der Waals surface area contributed by atoms with Crippen LogP contribution in [0.4, 0.5) is 0 Å². The van der Waals surface area contributed by atoms with Gasteiger partial charge < -0.3 is 20.0 Å². The zero-order valence-corrected chi connectivity index (χ0v) is 12.9. The van der Waals surface area contributed by atoms with Gasteiger partial charge in [-0.2, -0.15) is 0 Å². The van der Waals surface area contributed by atoms with Gasteiger partial charge in [-0.1, -0.05) is 42.0 Å². The summed E-state index contributed by atoms with van der Waals surface area (Å²) >= 11 is 0. The lowest BCUT2D eigenvalue weighted by molar-refractivity contribution is -0.305. The van der Waals surface area contributed by atoms with Crippen molar-refractivity contribution in [2.75, 3.05) is 13.2 Å². The van der Waals surface area contributed by atoms with E-state index in [4.69, 9.17) is 4.74 Å². The molecule has 0 aromatic heterocycles. The maximum atomic E-state index is 11.5. The van der Waals surface area contributed by atoms with Gasteiger partial charge in [0.15, 0.2) is 6.61 Å². The molecule has 0 heterocycles. The minimum Gasteiger partial charge on any atom is -0.550 e. The first kappa shape index (κ1) is 16.5. The monoisotopic (exact) mass is 312 g/mol. The number of amides is 1. The number of carboxylic acids is 1. The number of carbonyl (C=O) groups excluding carboxylic acids is 2. The molecule has 5 nitrogen and oxygen atoms in total. The Kier molecular flexibility index (Phi) is 5.74. The quantitative estimate of drug-likeness (QED) is 0.836. The summed E-state index contributed by atoms with van der Waals surface area (Å²) in [7, 11) is 0. The van der Waals surface area contributed by atoms with Gasteiger partial charge in [-0.3, -0.25) is 4.79 Å². The van der Waals surface area contributed by atoms with Crippen LogP contribution in [0.15, 0.2) is 48.5 Å². The number of rotatable bonds is 7. The lowest BCUT2D eigenvalue weighted by Crippen LogP contribution is -2.33. The van der Waals surface area contributed by atoms with Crippen molar-refractivity contribution in [2.45, 2.75) is 13.3 Å². The minimum absolute atomic E-state index is 0.0386. The average Bonchev–Trinajstić information content (AvgIpc) is 2.54. The van der Waals surface area contributed by atoms with Crippen molar-refractivity contribution in [3.8, 4) is 16.9 Å². The van der Waals surface area contributed by atoms with Crippen LogP contribution in [0.5, 0.6) is 5.75 Å². The zero-order valence-electron chi connectivity index (χ0n) is 12.9. The summed E-state index contributed by atoms with van der Waals surface area (Å²) in [6, 6.07) is 15.6. The van der Waals surface area contributed by atoms with Crippen LogP contribution in [0, 0.1) is 6.92 Å². The molecule has 23 heavy (non-hydrogen) atoms. The Bertz CT molecular complexity index is 662. The molecule has 0 fully saturated rings. The Morgan fingerprint density at radius 3 is 2.13 bits per heavy atom.